The molecule has 2 N–H and O–H groups in total. The molecular formula is C13H20BrNO3. The molecule has 0 aliphatic carbocycles. The van der Waals surface area contributed by atoms with Gasteiger partial charge in [0.2, 0.25) is 0 Å². The maximum atomic E-state index is 9.52. The van der Waals surface area contributed by atoms with Crippen molar-refractivity contribution in [2.75, 3.05) is 20.8 Å². The van der Waals surface area contributed by atoms with Gasteiger partial charge in [-0.2, -0.15) is 0 Å². The maximum absolute atomic E-state index is 9.52. The lowest BCUT2D eigenvalue weighted by Crippen LogP contribution is -2.16. The number of rotatable bonds is 7. The fraction of sp³-hybridized carbons (Fsp3) is 0.538. The van der Waals surface area contributed by atoms with Gasteiger partial charge in [0.05, 0.1) is 17.7 Å². The van der Waals surface area contributed by atoms with Crippen molar-refractivity contribution in [3.05, 3.63) is 22.2 Å². The van der Waals surface area contributed by atoms with E-state index in [0.29, 0.717) is 17.9 Å². The monoisotopic (exact) mass is 317 g/mol. The second kappa shape index (κ2) is 7.61. The number of hydrogen-bond donors (Lipinski definition) is 2. The van der Waals surface area contributed by atoms with Crippen LogP contribution in [0.15, 0.2) is 16.6 Å². The zero-order valence-electron chi connectivity index (χ0n) is 11.0. The second-order valence-corrected chi connectivity index (χ2v) is 4.87. The number of nitrogens with one attached hydrogen (secondary N) is 1. The molecule has 1 aromatic rings. The fourth-order valence-electron chi connectivity index (χ4n) is 1.52. The minimum Gasteiger partial charge on any atom is -0.493 e. The smallest absolute Gasteiger partial charge is 0.175 e. The molecule has 1 unspecified atom stereocenters. The van der Waals surface area contributed by atoms with Crippen molar-refractivity contribution in [2.24, 2.45) is 0 Å². The van der Waals surface area contributed by atoms with Crippen LogP contribution in [0.2, 0.25) is 0 Å². The molecule has 0 bridgehead atoms. The van der Waals surface area contributed by atoms with Gasteiger partial charge in [0, 0.05) is 6.54 Å². The molecule has 18 heavy (non-hydrogen) atoms. The Balaban J connectivity index is 2.89. The van der Waals surface area contributed by atoms with Crippen LogP contribution in [0.3, 0.4) is 0 Å². The molecule has 0 heterocycles. The molecule has 0 amide bonds. The van der Waals surface area contributed by atoms with Crippen LogP contribution in [0.4, 0.5) is 0 Å². The summed E-state index contributed by atoms with van der Waals surface area (Å²) >= 11 is 3.47. The highest BCUT2D eigenvalue weighted by Crippen LogP contribution is 2.36. The van der Waals surface area contributed by atoms with Crippen LogP contribution in [0.25, 0.3) is 0 Å². The van der Waals surface area contributed by atoms with E-state index in [1.165, 1.54) is 0 Å². The summed E-state index contributed by atoms with van der Waals surface area (Å²) in [4.78, 5) is 0. The third-order valence-electron chi connectivity index (χ3n) is 2.56. The van der Waals surface area contributed by atoms with Crippen molar-refractivity contribution in [1.82, 2.24) is 5.32 Å². The normalized spacial score (nSPS) is 12.3. The zero-order valence-corrected chi connectivity index (χ0v) is 12.6. The Kier molecular flexibility index (Phi) is 6.46. The summed E-state index contributed by atoms with van der Waals surface area (Å²) in [5, 5.41) is 12.6. The van der Waals surface area contributed by atoms with Gasteiger partial charge in [-0.05, 0) is 47.1 Å². The molecule has 5 heteroatoms. The van der Waals surface area contributed by atoms with Crippen LogP contribution < -0.4 is 14.8 Å². The SMILES string of the molecule is CCC(O)COc1c(Br)cc(CNC)cc1OC. The average Bonchev–Trinajstić information content (AvgIpc) is 2.36. The van der Waals surface area contributed by atoms with Crippen molar-refractivity contribution >= 4 is 15.9 Å². The Morgan fingerprint density at radius 1 is 1.44 bits per heavy atom. The maximum Gasteiger partial charge on any atom is 0.175 e. The number of ether oxygens (including phenoxy) is 2. The van der Waals surface area contributed by atoms with E-state index in [-0.39, 0.29) is 6.61 Å². The topological polar surface area (TPSA) is 50.7 Å². The molecule has 0 saturated carbocycles. The van der Waals surface area contributed by atoms with Crippen molar-refractivity contribution in [3.63, 3.8) is 0 Å². The lowest BCUT2D eigenvalue weighted by atomic mass is 10.2. The average molecular weight is 318 g/mol. The van der Waals surface area contributed by atoms with Crippen molar-refractivity contribution in [3.8, 4) is 11.5 Å². The third kappa shape index (κ3) is 4.15. The third-order valence-corrected chi connectivity index (χ3v) is 3.15. The van der Waals surface area contributed by atoms with Crippen molar-refractivity contribution in [2.45, 2.75) is 26.0 Å². The van der Waals surface area contributed by atoms with E-state index in [1.54, 1.807) is 7.11 Å². The molecule has 1 atom stereocenters. The van der Waals surface area contributed by atoms with Crippen molar-refractivity contribution < 1.29 is 14.6 Å². The molecule has 0 aliphatic heterocycles. The van der Waals surface area contributed by atoms with Crippen LogP contribution >= 0.6 is 15.9 Å². The first kappa shape index (κ1) is 15.3. The molecule has 1 rings (SSSR count). The van der Waals surface area contributed by atoms with E-state index in [0.717, 1.165) is 16.6 Å². The van der Waals surface area contributed by atoms with E-state index >= 15 is 0 Å². The summed E-state index contributed by atoms with van der Waals surface area (Å²) in [6, 6.07) is 3.90. The quantitative estimate of drug-likeness (QED) is 0.810. The van der Waals surface area contributed by atoms with Gasteiger partial charge in [0.1, 0.15) is 6.61 Å². The largest absolute Gasteiger partial charge is 0.493 e. The predicted molar refractivity (Wildman–Crippen MR) is 75.3 cm³/mol. The van der Waals surface area contributed by atoms with Crippen molar-refractivity contribution in [1.29, 1.82) is 0 Å². The number of benzene rings is 1. The number of halogens is 1. The molecule has 0 spiro atoms. The van der Waals surface area contributed by atoms with Gasteiger partial charge in [-0.25, -0.2) is 0 Å². The lowest BCUT2D eigenvalue weighted by Gasteiger charge is -2.16. The highest BCUT2D eigenvalue weighted by Gasteiger charge is 2.13. The summed E-state index contributed by atoms with van der Waals surface area (Å²) < 4.78 is 11.7. The second-order valence-electron chi connectivity index (χ2n) is 4.01. The van der Waals surface area contributed by atoms with Gasteiger partial charge < -0.3 is 19.9 Å². The molecule has 0 aliphatic rings. The van der Waals surface area contributed by atoms with Crippen LogP contribution in [0.5, 0.6) is 11.5 Å². The van der Waals surface area contributed by atoms with Crippen LogP contribution in [0.1, 0.15) is 18.9 Å². The Morgan fingerprint density at radius 2 is 2.17 bits per heavy atom. The van der Waals surface area contributed by atoms with Gasteiger partial charge in [-0.1, -0.05) is 6.92 Å². The van der Waals surface area contributed by atoms with Crippen LogP contribution in [-0.2, 0) is 6.54 Å². The van der Waals surface area contributed by atoms with Gasteiger partial charge in [0.25, 0.3) is 0 Å². The number of hydrogen-bond acceptors (Lipinski definition) is 4. The number of aliphatic hydroxyl groups excluding tert-OH is 1. The summed E-state index contributed by atoms with van der Waals surface area (Å²) in [6.45, 7) is 2.93. The van der Waals surface area contributed by atoms with Crippen LogP contribution in [0, 0.1) is 0 Å². The minimum atomic E-state index is -0.460. The predicted octanol–water partition coefficient (Wildman–Crippen LogP) is 2.33. The molecule has 0 saturated heterocycles. The molecule has 0 fully saturated rings. The first-order chi connectivity index (χ1) is 8.62. The molecule has 1 aromatic carbocycles. The highest BCUT2D eigenvalue weighted by molar-refractivity contribution is 9.10. The Bertz CT molecular complexity index is 385. The molecule has 0 aromatic heterocycles. The molecule has 102 valence electrons. The molecular weight excluding hydrogens is 298 g/mol. The van der Waals surface area contributed by atoms with E-state index in [1.807, 2.05) is 26.1 Å². The number of aliphatic hydroxyl groups is 1. The van der Waals surface area contributed by atoms with Gasteiger partial charge in [-0.3, -0.25) is 0 Å². The zero-order chi connectivity index (χ0) is 13.5. The Morgan fingerprint density at radius 3 is 2.72 bits per heavy atom. The standard InChI is InChI=1S/C13H20BrNO3/c1-4-10(16)8-18-13-11(14)5-9(7-15-2)6-12(13)17-3/h5-6,10,15-16H,4,7-8H2,1-3H3. The minimum absolute atomic E-state index is 0.261. The van der Waals surface area contributed by atoms with E-state index < -0.39 is 6.10 Å². The van der Waals surface area contributed by atoms with E-state index in [9.17, 15) is 5.11 Å². The first-order valence-electron chi connectivity index (χ1n) is 5.94. The summed E-state index contributed by atoms with van der Waals surface area (Å²) in [7, 11) is 3.50. The first-order valence-corrected chi connectivity index (χ1v) is 6.73. The van der Waals surface area contributed by atoms with E-state index in [4.69, 9.17) is 9.47 Å². The summed E-state index contributed by atoms with van der Waals surface area (Å²) in [5.41, 5.74) is 1.10. The summed E-state index contributed by atoms with van der Waals surface area (Å²) in [6.07, 6.45) is 0.205. The van der Waals surface area contributed by atoms with Gasteiger partial charge >= 0.3 is 0 Å². The highest BCUT2D eigenvalue weighted by atomic mass is 79.9. The Labute approximate surface area is 116 Å². The van der Waals surface area contributed by atoms with E-state index in [2.05, 4.69) is 21.2 Å². The van der Waals surface area contributed by atoms with Crippen LogP contribution in [-0.4, -0.2) is 32.0 Å². The summed E-state index contributed by atoms with van der Waals surface area (Å²) in [5.74, 6) is 1.29. The molecule has 0 radical (unpaired) electrons. The fourth-order valence-corrected chi connectivity index (χ4v) is 2.12. The molecule has 4 nitrogen and oxygen atoms in total. The Hall–Kier alpha value is -0.780. The van der Waals surface area contributed by atoms with Gasteiger partial charge in [-0.15, -0.1) is 0 Å². The lowest BCUT2D eigenvalue weighted by molar-refractivity contribution is 0.102. The number of methoxy groups -OCH3 is 1. The van der Waals surface area contributed by atoms with Gasteiger partial charge in [0.15, 0.2) is 11.5 Å².